The lowest BCUT2D eigenvalue weighted by Gasteiger charge is -2.33. The molecule has 0 aliphatic carbocycles. The van der Waals surface area contributed by atoms with Crippen molar-refractivity contribution < 1.29 is 22.7 Å². The van der Waals surface area contributed by atoms with Gasteiger partial charge in [-0.25, -0.2) is 9.52 Å². The Balaban J connectivity index is 2.82. The van der Waals surface area contributed by atoms with Gasteiger partial charge in [-0.05, 0) is 20.8 Å². The van der Waals surface area contributed by atoms with Crippen molar-refractivity contribution in [3.8, 4) is 0 Å². The van der Waals surface area contributed by atoms with Crippen molar-refractivity contribution in [2.45, 2.75) is 32.9 Å². The second kappa shape index (κ2) is 7.57. The Hall–Kier alpha value is -1.39. The van der Waals surface area contributed by atoms with E-state index in [0.717, 1.165) is 4.31 Å². The van der Waals surface area contributed by atoms with Crippen LogP contribution in [0, 0.1) is 0 Å². The molecule has 1 aliphatic rings. The molecule has 21 heavy (non-hydrogen) atoms. The molecule has 1 saturated heterocycles. The van der Waals surface area contributed by atoms with E-state index in [0.29, 0.717) is 13.1 Å². The van der Waals surface area contributed by atoms with Gasteiger partial charge < -0.3 is 15.4 Å². The fourth-order valence-electron chi connectivity index (χ4n) is 1.89. The first-order valence-corrected chi connectivity index (χ1v) is 8.20. The van der Waals surface area contributed by atoms with Crippen molar-refractivity contribution in [1.82, 2.24) is 19.7 Å². The van der Waals surface area contributed by atoms with E-state index in [1.165, 1.54) is 0 Å². The van der Waals surface area contributed by atoms with Crippen LogP contribution in [0.4, 0.5) is 4.79 Å². The molecular formula is C11H22N4O5S. The number of nitrogens with zero attached hydrogens (tertiary/aromatic N) is 1. The largest absolute Gasteiger partial charge is 0.446 e. The molecule has 1 heterocycles. The van der Waals surface area contributed by atoms with Gasteiger partial charge >= 0.3 is 16.3 Å². The smallest absolute Gasteiger partial charge is 0.422 e. The first-order chi connectivity index (χ1) is 9.77. The number of nitrogens with one attached hydrogen (secondary N) is 3. The average Bonchev–Trinajstić information content (AvgIpc) is 2.37. The summed E-state index contributed by atoms with van der Waals surface area (Å²) in [5.41, 5.74) is 0. The Kier molecular flexibility index (Phi) is 6.37. The number of hydrogen-bond donors (Lipinski definition) is 3. The topological polar surface area (TPSA) is 117 Å². The molecule has 2 amide bonds. The standard InChI is InChI=1S/C11H22N4O5S/c1-4-13-10(16)9-7-12-5-6-15(9)21(18,19)14-11(17)20-8(2)3/h8-9,12H,4-7H2,1-3H3,(H,13,16)(H,14,17). The van der Waals surface area contributed by atoms with Crippen molar-refractivity contribution >= 4 is 22.2 Å². The molecule has 10 heteroatoms. The van der Waals surface area contributed by atoms with Gasteiger partial charge in [0.15, 0.2) is 0 Å². The molecule has 1 atom stereocenters. The highest BCUT2D eigenvalue weighted by molar-refractivity contribution is 7.87. The number of hydrogen-bond acceptors (Lipinski definition) is 6. The van der Waals surface area contributed by atoms with Gasteiger partial charge in [0.1, 0.15) is 6.04 Å². The number of carbonyl (C=O) groups is 2. The fourth-order valence-corrected chi connectivity index (χ4v) is 3.10. The lowest BCUT2D eigenvalue weighted by atomic mass is 10.2. The number of amides is 2. The van der Waals surface area contributed by atoms with Crippen molar-refractivity contribution in [1.29, 1.82) is 0 Å². The summed E-state index contributed by atoms with van der Waals surface area (Å²) >= 11 is 0. The zero-order valence-corrected chi connectivity index (χ0v) is 13.2. The van der Waals surface area contributed by atoms with E-state index in [1.807, 2.05) is 4.72 Å². The Morgan fingerprint density at radius 3 is 2.67 bits per heavy atom. The van der Waals surface area contributed by atoms with Crippen LogP contribution in [0.1, 0.15) is 20.8 Å². The van der Waals surface area contributed by atoms with Gasteiger partial charge in [-0.15, -0.1) is 0 Å². The summed E-state index contributed by atoms with van der Waals surface area (Å²) in [6.07, 6.45) is -1.50. The molecule has 1 unspecified atom stereocenters. The average molecular weight is 322 g/mol. The minimum Gasteiger partial charge on any atom is -0.446 e. The minimum atomic E-state index is -4.13. The van der Waals surface area contributed by atoms with Crippen LogP contribution in [0.15, 0.2) is 0 Å². The predicted molar refractivity (Wildman–Crippen MR) is 75.7 cm³/mol. The van der Waals surface area contributed by atoms with E-state index in [-0.39, 0.29) is 13.1 Å². The first kappa shape index (κ1) is 17.7. The van der Waals surface area contributed by atoms with Crippen LogP contribution in [0.3, 0.4) is 0 Å². The maximum atomic E-state index is 12.2. The Morgan fingerprint density at radius 2 is 2.10 bits per heavy atom. The van der Waals surface area contributed by atoms with Crippen molar-refractivity contribution in [3.63, 3.8) is 0 Å². The molecule has 0 aromatic rings. The number of rotatable bonds is 5. The van der Waals surface area contributed by atoms with Crippen LogP contribution < -0.4 is 15.4 Å². The Bertz CT molecular complexity index is 479. The van der Waals surface area contributed by atoms with Crippen LogP contribution in [-0.2, 0) is 19.7 Å². The van der Waals surface area contributed by atoms with Crippen LogP contribution in [0.25, 0.3) is 0 Å². The molecule has 0 bridgehead atoms. The summed E-state index contributed by atoms with van der Waals surface area (Å²) in [6, 6.07) is -0.900. The second-order valence-electron chi connectivity index (χ2n) is 4.79. The molecule has 3 N–H and O–H groups in total. The van der Waals surface area contributed by atoms with Gasteiger partial charge in [0, 0.05) is 26.2 Å². The summed E-state index contributed by atoms with van der Waals surface area (Å²) in [6.45, 7) is 6.02. The fraction of sp³-hybridized carbons (Fsp3) is 0.818. The second-order valence-corrected chi connectivity index (χ2v) is 6.41. The number of ether oxygens (including phenoxy) is 1. The van der Waals surface area contributed by atoms with E-state index >= 15 is 0 Å². The highest BCUT2D eigenvalue weighted by Crippen LogP contribution is 2.09. The van der Waals surface area contributed by atoms with Gasteiger partial charge in [0.25, 0.3) is 0 Å². The van der Waals surface area contributed by atoms with Crippen molar-refractivity contribution in [3.05, 3.63) is 0 Å². The third-order valence-corrected chi connectivity index (χ3v) is 4.19. The molecule has 0 spiro atoms. The highest BCUT2D eigenvalue weighted by atomic mass is 32.2. The lowest BCUT2D eigenvalue weighted by molar-refractivity contribution is -0.125. The van der Waals surface area contributed by atoms with E-state index < -0.39 is 34.4 Å². The summed E-state index contributed by atoms with van der Waals surface area (Å²) in [5.74, 6) is -0.410. The molecule has 0 saturated carbocycles. The number of piperazine rings is 1. The van der Waals surface area contributed by atoms with Gasteiger partial charge in [-0.1, -0.05) is 0 Å². The zero-order valence-electron chi connectivity index (χ0n) is 12.4. The summed E-state index contributed by atoms with van der Waals surface area (Å²) in [5, 5.41) is 5.52. The van der Waals surface area contributed by atoms with Crippen molar-refractivity contribution in [2.24, 2.45) is 0 Å². The van der Waals surface area contributed by atoms with Gasteiger partial charge in [0.05, 0.1) is 6.10 Å². The molecule has 1 rings (SSSR count). The number of carbonyl (C=O) groups excluding carboxylic acids is 2. The quantitative estimate of drug-likeness (QED) is 0.584. The van der Waals surface area contributed by atoms with Crippen LogP contribution in [-0.4, -0.2) is 63.0 Å². The monoisotopic (exact) mass is 322 g/mol. The zero-order chi connectivity index (χ0) is 16.0. The highest BCUT2D eigenvalue weighted by Gasteiger charge is 2.37. The van der Waals surface area contributed by atoms with Gasteiger partial charge in [0.2, 0.25) is 5.91 Å². The molecule has 0 radical (unpaired) electrons. The molecule has 9 nitrogen and oxygen atoms in total. The normalized spacial score (nSPS) is 20.1. The van der Waals surface area contributed by atoms with E-state index in [1.54, 1.807) is 20.8 Å². The molecular weight excluding hydrogens is 300 g/mol. The third-order valence-electron chi connectivity index (χ3n) is 2.71. The lowest BCUT2D eigenvalue weighted by Crippen LogP contribution is -2.62. The summed E-state index contributed by atoms with van der Waals surface area (Å²) < 4.78 is 31.9. The predicted octanol–water partition coefficient (Wildman–Crippen LogP) is -1.22. The van der Waals surface area contributed by atoms with E-state index in [4.69, 9.17) is 4.74 Å². The van der Waals surface area contributed by atoms with Gasteiger partial charge in [-0.3, -0.25) is 4.79 Å². The van der Waals surface area contributed by atoms with Crippen LogP contribution in [0.2, 0.25) is 0 Å². The Labute approximate surface area is 124 Å². The SMILES string of the molecule is CCNC(=O)C1CNCCN1S(=O)(=O)NC(=O)OC(C)C. The first-order valence-electron chi connectivity index (χ1n) is 6.76. The molecule has 0 aromatic carbocycles. The maximum absolute atomic E-state index is 12.2. The third kappa shape index (κ3) is 5.14. The molecule has 1 fully saturated rings. The Morgan fingerprint density at radius 1 is 1.43 bits per heavy atom. The van der Waals surface area contributed by atoms with Crippen molar-refractivity contribution in [2.75, 3.05) is 26.2 Å². The number of likely N-dealkylation sites (N-methyl/N-ethyl adjacent to an activating group) is 1. The minimum absolute atomic E-state index is 0.0894. The molecule has 122 valence electrons. The molecule has 1 aliphatic heterocycles. The summed E-state index contributed by atoms with van der Waals surface area (Å²) in [4.78, 5) is 23.4. The van der Waals surface area contributed by atoms with Crippen LogP contribution in [0.5, 0.6) is 0 Å². The summed E-state index contributed by atoms with van der Waals surface area (Å²) in [7, 11) is -4.13. The van der Waals surface area contributed by atoms with Gasteiger partial charge in [-0.2, -0.15) is 12.7 Å². The van der Waals surface area contributed by atoms with E-state index in [2.05, 4.69) is 10.6 Å². The maximum Gasteiger partial charge on any atom is 0.422 e. The molecule has 0 aromatic heterocycles. The van der Waals surface area contributed by atoms with E-state index in [9.17, 15) is 18.0 Å². The van der Waals surface area contributed by atoms with Crippen LogP contribution >= 0.6 is 0 Å².